The van der Waals surface area contributed by atoms with E-state index in [1.165, 1.54) is 18.2 Å². The van der Waals surface area contributed by atoms with E-state index < -0.39 is 11.7 Å². The molecule has 1 aromatic carbocycles. The van der Waals surface area contributed by atoms with Gasteiger partial charge in [0.05, 0.1) is 12.1 Å². The number of quaternary nitrogens is 1. The van der Waals surface area contributed by atoms with Crippen LogP contribution in [0.3, 0.4) is 0 Å². The van der Waals surface area contributed by atoms with Crippen LogP contribution in [0.1, 0.15) is 40.0 Å². The number of benzene rings is 1. The fraction of sp³-hybridized carbons (Fsp3) is 0.524. The number of carbonyl (C=O) groups excluding carboxylic acids is 1. The van der Waals surface area contributed by atoms with E-state index in [-0.39, 0.29) is 11.4 Å². The van der Waals surface area contributed by atoms with Crippen LogP contribution < -0.4 is 11.0 Å². The maximum absolute atomic E-state index is 13.8. The minimum atomic E-state index is -0.575. The predicted octanol–water partition coefficient (Wildman–Crippen LogP) is 3.58. The standard InChI is InChI=1S/C21H28FN3O3/c1-21(2,3)28-20(27)23-25(12-5-4-6-13-25)14-11-24-18-15-17(22)9-7-16(18)8-10-19(24)26/h7-10,15H,4-6,11-14H2,1-3H3/p+1. The van der Waals surface area contributed by atoms with Crippen molar-refractivity contribution in [3.63, 3.8) is 0 Å². The van der Waals surface area contributed by atoms with Crippen LogP contribution in [0.4, 0.5) is 9.18 Å². The number of pyridine rings is 1. The third-order valence-electron chi connectivity index (χ3n) is 5.11. The highest BCUT2D eigenvalue weighted by Crippen LogP contribution is 2.19. The molecule has 1 saturated heterocycles. The Morgan fingerprint density at radius 3 is 2.54 bits per heavy atom. The van der Waals surface area contributed by atoms with Crippen LogP contribution >= 0.6 is 0 Å². The molecule has 7 heteroatoms. The Labute approximate surface area is 164 Å². The molecule has 28 heavy (non-hydrogen) atoms. The van der Waals surface area contributed by atoms with Crippen LogP contribution in [-0.4, -0.2) is 40.5 Å². The van der Waals surface area contributed by atoms with Crippen LogP contribution in [-0.2, 0) is 11.3 Å². The fourth-order valence-electron chi connectivity index (χ4n) is 3.79. The number of nitrogens with one attached hydrogen (secondary N) is 1. The van der Waals surface area contributed by atoms with Crippen LogP contribution in [0, 0.1) is 5.82 Å². The number of halogens is 1. The summed E-state index contributed by atoms with van der Waals surface area (Å²) in [5, 5.41) is 0.811. The maximum atomic E-state index is 13.8. The average Bonchev–Trinajstić information content (AvgIpc) is 2.60. The Bertz CT molecular complexity index is 911. The predicted molar refractivity (Wildman–Crippen MR) is 106 cm³/mol. The average molecular weight is 390 g/mol. The summed E-state index contributed by atoms with van der Waals surface area (Å²) in [7, 11) is 0. The van der Waals surface area contributed by atoms with Gasteiger partial charge >= 0.3 is 6.09 Å². The molecule has 1 aromatic heterocycles. The first kappa shape index (κ1) is 20.3. The van der Waals surface area contributed by atoms with Gasteiger partial charge in [0.15, 0.2) is 0 Å². The van der Waals surface area contributed by atoms with E-state index in [0.29, 0.717) is 23.2 Å². The van der Waals surface area contributed by atoms with Gasteiger partial charge in [-0.1, -0.05) is 0 Å². The number of aromatic nitrogens is 1. The molecule has 0 spiro atoms. The lowest BCUT2D eigenvalue weighted by Gasteiger charge is -2.40. The topological polar surface area (TPSA) is 60.3 Å². The second-order valence-corrected chi connectivity index (χ2v) is 8.52. The van der Waals surface area contributed by atoms with E-state index in [1.54, 1.807) is 16.7 Å². The molecular weight excluding hydrogens is 361 g/mol. The first-order chi connectivity index (χ1) is 13.2. The molecule has 0 bridgehead atoms. The van der Waals surface area contributed by atoms with Crippen molar-refractivity contribution in [1.29, 1.82) is 0 Å². The van der Waals surface area contributed by atoms with Crippen molar-refractivity contribution in [3.05, 3.63) is 46.5 Å². The number of nitrogens with zero attached hydrogens (tertiary/aromatic N) is 2. The van der Waals surface area contributed by atoms with Gasteiger partial charge in [-0.15, -0.1) is 0 Å². The van der Waals surface area contributed by atoms with Gasteiger partial charge in [-0.05, 0) is 69.7 Å². The van der Waals surface area contributed by atoms with Crippen LogP contribution in [0.2, 0.25) is 0 Å². The number of amides is 1. The highest BCUT2D eigenvalue weighted by molar-refractivity contribution is 5.78. The number of hydrogen-bond donors (Lipinski definition) is 1. The monoisotopic (exact) mass is 390 g/mol. The number of fused-ring (bicyclic) bond motifs is 1. The van der Waals surface area contributed by atoms with Gasteiger partial charge in [0.1, 0.15) is 31.1 Å². The van der Waals surface area contributed by atoms with Gasteiger partial charge < -0.3 is 9.30 Å². The molecular formula is C21H29FN3O3+. The van der Waals surface area contributed by atoms with E-state index in [1.807, 2.05) is 20.8 Å². The molecule has 1 aliphatic heterocycles. The molecule has 6 nitrogen and oxygen atoms in total. The van der Waals surface area contributed by atoms with Crippen LogP contribution in [0.25, 0.3) is 10.9 Å². The lowest BCUT2D eigenvalue weighted by Crippen LogP contribution is -2.64. The van der Waals surface area contributed by atoms with Gasteiger partial charge in [0.2, 0.25) is 0 Å². The van der Waals surface area contributed by atoms with Gasteiger partial charge in [0, 0.05) is 6.07 Å². The molecule has 0 aliphatic carbocycles. The third kappa shape index (κ3) is 4.90. The van der Waals surface area contributed by atoms with Gasteiger partial charge in [-0.25, -0.2) is 13.8 Å². The number of likely N-dealkylation sites (tertiary alicyclic amines) is 1. The zero-order valence-electron chi connectivity index (χ0n) is 16.8. The first-order valence-electron chi connectivity index (χ1n) is 9.84. The van der Waals surface area contributed by atoms with Gasteiger partial charge in [-0.3, -0.25) is 4.79 Å². The molecule has 2 heterocycles. The Hall–Kier alpha value is -2.41. The second-order valence-electron chi connectivity index (χ2n) is 8.52. The highest BCUT2D eigenvalue weighted by atomic mass is 19.1. The Kier molecular flexibility index (Phi) is 5.74. The molecule has 1 amide bonds. The van der Waals surface area contributed by atoms with E-state index >= 15 is 0 Å². The quantitative estimate of drug-likeness (QED) is 0.812. The molecule has 0 atom stereocenters. The summed E-state index contributed by atoms with van der Waals surface area (Å²) in [5.41, 5.74) is 2.84. The lowest BCUT2D eigenvalue weighted by atomic mass is 10.1. The van der Waals surface area contributed by atoms with Crippen LogP contribution in [0.15, 0.2) is 35.1 Å². The second kappa shape index (κ2) is 7.91. The van der Waals surface area contributed by atoms with Crippen molar-refractivity contribution in [3.8, 4) is 0 Å². The van der Waals surface area contributed by atoms with E-state index in [0.717, 1.165) is 37.7 Å². The summed E-state index contributed by atoms with van der Waals surface area (Å²) in [6.07, 6.45) is 2.66. The van der Waals surface area contributed by atoms with Crippen molar-refractivity contribution < 1.29 is 18.5 Å². The number of piperidine rings is 1. The Morgan fingerprint density at radius 1 is 1.18 bits per heavy atom. The summed E-state index contributed by atoms with van der Waals surface area (Å²) in [6.45, 7) is 7.98. The molecule has 3 rings (SSSR count). The van der Waals surface area contributed by atoms with Crippen molar-refractivity contribution in [2.24, 2.45) is 0 Å². The molecule has 0 unspecified atom stereocenters. The molecule has 1 aliphatic rings. The normalized spacial score (nSPS) is 16.7. The number of hydrogen-bond acceptors (Lipinski definition) is 3. The van der Waals surface area contributed by atoms with Crippen molar-refractivity contribution >= 4 is 17.0 Å². The zero-order chi connectivity index (χ0) is 20.4. The van der Waals surface area contributed by atoms with Crippen molar-refractivity contribution in [2.75, 3.05) is 19.6 Å². The summed E-state index contributed by atoms with van der Waals surface area (Å²) >= 11 is 0. The number of rotatable bonds is 4. The molecule has 152 valence electrons. The minimum Gasteiger partial charge on any atom is -0.441 e. The maximum Gasteiger partial charge on any atom is 0.452 e. The zero-order valence-corrected chi connectivity index (χ0v) is 16.8. The summed E-state index contributed by atoms with van der Waals surface area (Å²) in [6, 6.07) is 7.66. The minimum absolute atomic E-state index is 0.175. The highest BCUT2D eigenvalue weighted by Gasteiger charge is 2.34. The van der Waals surface area contributed by atoms with Gasteiger partial charge in [0.25, 0.3) is 5.56 Å². The summed E-state index contributed by atoms with van der Waals surface area (Å²) in [4.78, 5) is 24.9. The molecule has 1 fully saturated rings. The largest absolute Gasteiger partial charge is 0.452 e. The molecule has 0 radical (unpaired) electrons. The number of ether oxygens (including phenoxy) is 1. The van der Waals surface area contributed by atoms with E-state index in [4.69, 9.17) is 4.74 Å². The van der Waals surface area contributed by atoms with E-state index in [9.17, 15) is 14.0 Å². The Morgan fingerprint density at radius 2 is 1.86 bits per heavy atom. The lowest BCUT2D eigenvalue weighted by molar-refractivity contribution is -0.966. The molecule has 2 aromatic rings. The van der Waals surface area contributed by atoms with Gasteiger partial charge in [-0.2, -0.15) is 5.43 Å². The van der Waals surface area contributed by atoms with Crippen molar-refractivity contribution in [1.82, 2.24) is 9.99 Å². The van der Waals surface area contributed by atoms with Crippen LogP contribution in [0.5, 0.6) is 0 Å². The molecule has 1 N–H and O–H groups in total. The van der Waals surface area contributed by atoms with E-state index in [2.05, 4.69) is 5.43 Å². The Balaban J connectivity index is 1.84. The SMILES string of the molecule is CC(C)(C)OC(=O)N[N+]1(CCn2c(=O)ccc3ccc(F)cc32)CCCCC1. The third-order valence-corrected chi connectivity index (χ3v) is 5.11. The fourth-order valence-corrected chi connectivity index (χ4v) is 3.79. The van der Waals surface area contributed by atoms with Crippen molar-refractivity contribution in [2.45, 2.75) is 52.2 Å². The molecule has 0 saturated carbocycles. The summed E-state index contributed by atoms with van der Waals surface area (Å²) in [5.74, 6) is -0.374. The summed E-state index contributed by atoms with van der Waals surface area (Å²) < 4.78 is 21.2. The smallest absolute Gasteiger partial charge is 0.441 e. The number of carbonyl (C=O) groups is 1. The first-order valence-corrected chi connectivity index (χ1v) is 9.84.